The third kappa shape index (κ3) is 8.95. The molecule has 244 valence electrons. The predicted molar refractivity (Wildman–Crippen MR) is 180 cm³/mol. The third-order valence-electron chi connectivity index (χ3n) is 6.66. The fourth-order valence-corrected chi connectivity index (χ4v) is 5.42. The van der Waals surface area contributed by atoms with Gasteiger partial charge in [-0.15, -0.1) is 0 Å². The number of methoxy groups -OCH3 is 2. The molecule has 46 heavy (non-hydrogen) atoms. The van der Waals surface area contributed by atoms with Gasteiger partial charge in [0.25, 0.3) is 0 Å². The van der Waals surface area contributed by atoms with E-state index in [2.05, 4.69) is 43.8 Å². The average Bonchev–Trinajstić information content (AvgIpc) is 3.03. The van der Waals surface area contributed by atoms with E-state index in [1.807, 2.05) is 37.3 Å². The van der Waals surface area contributed by atoms with Crippen LogP contribution >= 0.6 is 34.2 Å². The lowest BCUT2D eigenvalue weighted by Crippen LogP contribution is -2.45. The number of hydrogen-bond donors (Lipinski definition) is 4. The number of nitrogens with one attached hydrogen (secondary N) is 3. The highest BCUT2D eigenvalue weighted by Crippen LogP contribution is 2.36. The number of hydrazone groups is 1. The minimum atomic E-state index is -1.16. The van der Waals surface area contributed by atoms with Crippen molar-refractivity contribution in [3.8, 4) is 23.0 Å². The van der Waals surface area contributed by atoms with Crippen LogP contribution in [0, 0.1) is 3.57 Å². The third-order valence-corrected chi connectivity index (χ3v) is 7.71. The highest BCUT2D eigenvalue weighted by molar-refractivity contribution is 14.1. The number of hydrogen-bond acceptors (Lipinski definition) is 10. The molecular weight excluding hydrogens is 731 g/mol. The molecule has 1 heterocycles. The normalized spacial score (nSPS) is 15.1. The van der Waals surface area contributed by atoms with E-state index in [1.54, 1.807) is 44.5 Å². The molecule has 14 heteroatoms. The highest BCUT2D eigenvalue weighted by Gasteiger charge is 2.32. The summed E-state index contributed by atoms with van der Waals surface area (Å²) in [5.41, 5.74) is 5.56. The largest absolute Gasteiger partial charge is 0.493 e. The van der Waals surface area contributed by atoms with E-state index in [1.165, 1.54) is 7.11 Å². The maximum atomic E-state index is 12.5. The van der Waals surface area contributed by atoms with E-state index in [0.717, 1.165) is 14.7 Å². The lowest BCUT2D eigenvalue weighted by Gasteiger charge is -2.28. The van der Waals surface area contributed by atoms with Crippen molar-refractivity contribution in [3.63, 3.8) is 0 Å². The Morgan fingerprint density at radius 3 is 2.54 bits per heavy atom. The number of ether oxygens (including phenoxy) is 5. The van der Waals surface area contributed by atoms with E-state index in [4.69, 9.17) is 35.3 Å². The Kier molecular flexibility index (Phi) is 12.3. The van der Waals surface area contributed by atoms with Gasteiger partial charge in [0.15, 0.2) is 29.2 Å². The summed E-state index contributed by atoms with van der Waals surface area (Å²) in [4.78, 5) is 24.6. The average molecular weight is 765 g/mol. The van der Waals surface area contributed by atoms with Crippen LogP contribution < -0.4 is 35.0 Å². The molecule has 0 bridgehead atoms. The topological polar surface area (TPSA) is 149 Å². The summed E-state index contributed by atoms with van der Waals surface area (Å²) >= 11 is 8.13. The molecule has 0 unspecified atom stereocenters. The molecule has 0 fully saturated rings. The number of benzene rings is 3. The number of halogens is 2. The Morgan fingerprint density at radius 1 is 1.09 bits per heavy atom. The Labute approximate surface area is 285 Å². The minimum Gasteiger partial charge on any atom is -0.493 e. The Balaban J connectivity index is 1.38. The molecule has 0 saturated heterocycles. The Hall–Kier alpha value is -4.21. The monoisotopic (exact) mass is 764 g/mol. The summed E-state index contributed by atoms with van der Waals surface area (Å²) in [5.74, 6) is 1.28. The molecule has 12 nitrogen and oxygen atoms in total. The fourth-order valence-electron chi connectivity index (χ4n) is 4.51. The first-order chi connectivity index (χ1) is 22.1. The van der Waals surface area contributed by atoms with E-state index in [9.17, 15) is 14.7 Å². The zero-order chi connectivity index (χ0) is 33.2. The van der Waals surface area contributed by atoms with Crippen molar-refractivity contribution in [2.45, 2.75) is 32.7 Å². The van der Waals surface area contributed by atoms with Gasteiger partial charge in [-0.3, -0.25) is 5.43 Å². The van der Waals surface area contributed by atoms with E-state index in [0.29, 0.717) is 52.5 Å². The number of allylic oxidation sites excluding steroid dienone is 1. The van der Waals surface area contributed by atoms with Crippen molar-refractivity contribution in [1.29, 1.82) is 0 Å². The minimum absolute atomic E-state index is 0.161. The van der Waals surface area contributed by atoms with E-state index in [-0.39, 0.29) is 12.2 Å². The maximum Gasteiger partial charge on any atom is 0.337 e. The summed E-state index contributed by atoms with van der Waals surface area (Å²) < 4.78 is 28.9. The highest BCUT2D eigenvalue weighted by atomic mass is 127. The van der Waals surface area contributed by atoms with Gasteiger partial charge in [0.05, 0.1) is 42.2 Å². The molecule has 2 atom stereocenters. The number of carbonyl (C=O) groups excluding carboxylic acids is 2. The second-order valence-corrected chi connectivity index (χ2v) is 11.5. The van der Waals surface area contributed by atoms with Crippen LogP contribution in [0.5, 0.6) is 23.0 Å². The van der Waals surface area contributed by atoms with Gasteiger partial charge in [-0.25, -0.2) is 9.59 Å². The summed E-state index contributed by atoms with van der Waals surface area (Å²) in [6, 6.07) is 14.8. The molecule has 4 N–H and O–H groups in total. The summed E-state index contributed by atoms with van der Waals surface area (Å²) in [5, 5.41) is 20.6. The number of urea groups is 1. The van der Waals surface area contributed by atoms with Crippen molar-refractivity contribution in [3.05, 3.63) is 91.2 Å². The van der Waals surface area contributed by atoms with Crippen molar-refractivity contribution in [1.82, 2.24) is 16.1 Å². The molecule has 0 aromatic heterocycles. The van der Waals surface area contributed by atoms with Crippen LogP contribution in [0.25, 0.3) is 0 Å². The number of carbonyl (C=O) groups is 2. The van der Waals surface area contributed by atoms with Crippen LogP contribution in [-0.2, 0) is 16.1 Å². The molecule has 0 saturated carbocycles. The Bertz CT molecular complexity index is 1620. The first-order valence-corrected chi connectivity index (χ1v) is 15.6. The standard InChI is InChI=1S/C32H34ClIN4O8/c1-5-44-25-14-21(29-28(31(40)43-4)18(2)36-32(41)37-29)8-11-24(25)45-17-27(39)38-35-15-20-12-23(34)30(26(13-20)42-3)46-16-19-6-9-22(33)10-7-19/h6-15,27,29,38-39H,5,16-17H2,1-4H3,(H2,36,37,41)/b35-15+/t27-,29-/m0/s1. The zero-order valence-corrected chi connectivity index (χ0v) is 28.5. The number of nitrogens with zero attached hydrogens (tertiary/aromatic N) is 1. The molecule has 2 amide bonds. The summed E-state index contributed by atoms with van der Waals surface area (Å²) in [7, 11) is 2.83. The van der Waals surface area contributed by atoms with Gasteiger partial charge >= 0.3 is 12.0 Å². The first-order valence-electron chi connectivity index (χ1n) is 14.1. The van der Waals surface area contributed by atoms with Gasteiger partial charge in [0, 0.05) is 10.7 Å². The van der Waals surface area contributed by atoms with Crippen LogP contribution in [-0.4, -0.2) is 57.0 Å². The van der Waals surface area contributed by atoms with E-state index >= 15 is 0 Å². The molecule has 0 aliphatic carbocycles. The SMILES string of the molecule is CCOc1cc([C@@H]2NC(=O)NC(C)=C2C(=O)OC)ccc1OC[C@H](O)N/N=C/c1cc(I)c(OCc2ccc(Cl)cc2)c(OC)c1. The molecule has 3 aromatic carbocycles. The molecule has 1 aliphatic heterocycles. The van der Waals surface area contributed by atoms with Crippen molar-refractivity contribution < 1.29 is 38.4 Å². The number of amides is 2. The number of aliphatic hydroxyl groups is 1. The lowest BCUT2D eigenvalue weighted by atomic mass is 9.95. The molecular formula is C32H34ClIN4O8. The van der Waals surface area contributed by atoms with Crippen molar-refractivity contribution >= 4 is 52.4 Å². The molecule has 4 rings (SSSR count). The van der Waals surface area contributed by atoms with Crippen molar-refractivity contribution in [2.24, 2.45) is 5.10 Å². The van der Waals surface area contributed by atoms with Crippen LogP contribution in [0.2, 0.25) is 5.02 Å². The fraction of sp³-hybridized carbons (Fsp3) is 0.281. The Morgan fingerprint density at radius 2 is 1.85 bits per heavy atom. The molecule has 1 aliphatic rings. The van der Waals surface area contributed by atoms with E-state index < -0.39 is 24.3 Å². The summed E-state index contributed by atoms with van der Waals surface area (Å²) in [6.45, 7) is 3.95. The molecule has 3 aromatic rings. The molecule has 0 radical (unpaired) electrons. The number of aliphatic hydroxyl groups excluding tert-OH is 1. The van der Waals surface area contributed by atoms with Gasteiger partial charge in [-0.2, -0.15) is 5.10 Å². The second kappa shape index (κ2) is 16.4. The van der Waals surface area contributed by atoms with Crippen molar-refractivity contribution in [2.75, 3.05) is 27.4 Å². The number of esters is 1. The second-order valence-electron chi connectivity index (χ2n) is 9.86. The van der Waals surface area contributed by atoms with Gasteiger partial charge in [-0.05, 0) is 89.5 Å². The maximum absolute atomic E-state index is 12.5. The number of rotatable bonds is 14. The van der Waals surface area contributed by atoms with Gasteiger partial charge in [0.2, 0.25) is 0 Å². The van der Waals surface area contributed by atoms with Crippen LogP contribution in [0.4, 0.5) is 4.79 Å². The van der Waals surface area contributed by atoms with Crippen LogP contribution in [0.15, 0.2) is 71.0 Å². The summed E-state index contributed by atoms with van der Waals surface area (Å²) in [6.07, 6.45) is 0.382. The first kappa shape index (κ1) is 34.7. The zero-order valence-electron chi connectivity index (χ0n) is 25.6. The molecule has 0 spiro atoms. The van der Waals surface area contributed by atoms with Gasteiger partial charge in [0.1, 0.15) is 13.2 Å². The van der Waals surface area contributed by atoms with Crippen LogP contribution in [0.3, 0.4) is 0 Å². The van der Waals surface area contributed by atoms with Crippen LogP contribution in [0.1, 0.15) is 36.6 Å². The predicted octanol–water partition coefficient (Wildman–Crippen LogP) is 5.05. The van der Waals surface area contributed by atoms with Gasteiger partial charge < -0.3 is 39.4 Å². The quantitative estimate of drug-likeness (QED) is 0.0582. The van der Waals surface area contributed by atoms with Gasteiger partial charge in [-0.1, -0.05) is 29.8 Å². The lowest BCUT2D eigenvalue weighted by molar-refractivity contribution is -0.136. The smallest absolute Gasteiger partial charge is 0.337 e.